The van der Waals surface area contributed by atoms with Crippen molar-refractivity contribution in [3.63, 3.8) is 0 Å². The molecule has 0 fully saturated rings. The fourth-order valence-corrected chi connectivity index (χ4v) is 2.20. The van der Waals surface area contributed by atoms with Crippen LogP contribution in [0.5, 0.6) is 0 Å². The molecule has 3 nitrogen and oxygen atoms in total. The Morgan fingerprint density at radius 1 is 1.16 bits per heavy atom. The molecule has 0 saturated carbocycles. The summed E-state index contributed by atoms with van der Waals surface area (Å²) in [6.07, 6.45) is 1.96. The third-order valence-corrected chi connectivity index (χ3v) is 3.40. The minimum absolute atomic E-state index is 0.909. The van der Waals surface area contributed by atoms with Crippen molar-refractivity contribution < 1.29 is 0 Å². The molecule has 0 bridgehead atoms. The first-order valence-corrected chi connectivity index (χ1v) is 7.23. The summed E-state index contributed by atoms with van der Waals surface area (Å²) in [6, 6.07) is 10.2. The van der Waals surface area contributed by atoms with Crippen molar-refractivity contribution in [2.75, 3.05) is 13.6 Å². The zero-order valence-corrected chi connectivity index (χ0v) is 12.9. The van der Waals surface area contributed by atoms with Crippen LogP contribution in [0.3, 0.4) is 0 Å². The van der Waals surface area contributed by atoms with Crippen LogP contribution >= 0.6 is 15.9 Å². The van der Waals surface area contributed by atoms with E-state index in [1.54, 1.807) is 0 Å². The van der Waals surface area contributed by atoms with Gasteiger partial charge in [-0.15, -0.1) is 0 Å². The van der Waals surface area contributed by atoms with Crippen LogP contribution in [0.2, 0.25) is 0 Å². The number of nitrogens with one attached hydrogen (secondary N) is 1. The van der Waals surface area contributed by atoms with Crippen molar-refractivity contribution in [1.82, 2.24) is 15.3 Å². The fraction of sp³-hybridized carbons (Fsp3) is 0.333. The number of benzene rings is 1. The second-order valence-corrected chi connectivity index (χ2v) is 5.44. The first-order valence-electron chi connectivity index (χ1n) is 6.44. The zero-order chi connectivity index (χ0) is 13.7. The third-order valence-electron chi connectivity index (χ3n) is 2.87. The zero-order valence-electron chi connectivity index (χ0n) is 11.3. The Bertz CT molecular complexity index is 538. The molecule has 0 spiro atoms. The van der Waals surface area contributed by atoms with E-state index < -0.39 is 0 Å². The van der Waals surface area contributed by atoms with E-state index in [-0.39, 0.29) is 0 Å². The molecule has 1 aromatic heterocycles. The van der Waals surface area contributed by atoms with Gasteiger partial charge in [0.15, 0.2) is 0 Å². The van der Waals surface area contributed by atoms with Gasteiger partial charge in [0.1, 0.15) is 5.82 Å². The molecule has 19 heavy (non-hydrogen) atoms. The standard InChI is InChI=1S/C15H18BrN3/c1-11-10-14(12-5-7-13(16)8-6-12)19-15(18-11)4-3-9-17-2/h5-8,10,17H,3-4,9H2,1-2H3. The molecule has 0 unspecified atom stereocenters. The summed E-state index contributed by atoms with van der Waals surface area (Å²) >= 11 is 3.45. The summed E-state index contributed by atoms with van der Waals surface area (Å²) in [7, 11) is 1.96. The maximum atomic E-state index is 4.65. The molecule has 0 saturated heterocycles. The van der Waals surface area contributed by atoms with E-state index in [2.05, 4.69) is 43.3 Å². The highest BCUT2D eigenvalue weighted by molar-refractivity contribution is 9.10. The van der Waals surface area contributed by atoms with Crippen LogP contribution in [0.1, 0.15) is 17.9 Å². The summed E-state index contributed by atoms with van der Waals surface area (Å²) < 4.78 is 1.08. The van der Waals surface area contributed by atoms with Crippen LogP contribution in [-0.4, -0.2) is 23.6 Å². The van der Waals surface area contributed by atoms with Gasteiger partial charge in [-0.1, -0.05) is 28.1 Å². The predicted octanol–water partition coefficient (Wildman–Crippen LogP) is 3.37. The molecule has 4 heteroatoms. The second-order valence-electron chi connectivity index (χ2n) is 4.52. The highest BCUT2D eigenvalue weighted by Gasteiger charge is 2.04. The molecule has 2 aromatic rings. The summed E-state index contributed by atoms with van der Waals surface area (Å²) in [5, 5.41) is 3.14. The lowest BCUT2D eigenvalue weighted by molar-refractivity contribution is 0.701. The first-order chi connectivity index (χ1) is 9.19. The Morgan fingerprint density at radius 2 is 1.89 bits per heavy atom. The van der Waals surface area contributed by atoms with Crippen molar-refractivity contribution in [2.45, 2.75) is 19.8 Å². The van der Waals surface area contributed by atoms with Gasteiger partial charge in [-0.3, -0.25) is 0 Å². The van der Waals surface area contributed by atoms with Gasteiger partial charge in [0.2, 0.25) is 0 Å². The highest BCUT2D eigenvalue weighted by atomic mass is 79.9. The molecule has 0 aliphatic heterocycles. The number of hydrogen-bond acceptors (Lipinski definition) is 3. The molecule has 100 valence electrons. The number of aryl methyl sites for hydroxylation is 2. The van der Waals surface area contributed by atoms with Gasteiger partial charge in [-0.05, 0) is 45.1 Å². The van der Waals surface area contributed by atoms with Gasteiger partial charge in [0.25, 0.3) is 0 Å². The number of nitrogens with zero attached hydrogens (tertiary/aromatic N) is 2. The van der Waals surface area contributed by atoms with Crippen LogP contribution in [0, 0.1) is 6.92 Å². The normalized spacial score (nSPS) is 10.7. The smallest absolute Gasteiger partial charge is 0.129 e. The molecule has 1 aromatic carbocycles. The molecule has 1 heterocycles. The summed E-state index contributed by atoms with van der Waals surface area (Å²) in [5.41, 5.74) is 3.15. The molecular formula is C15H18BrN3. The predicted molar refractivity (Wildman–Crippen MR) is 82.2 cm³/mol. The van der Waals surface area contributed by atoms with Crippen LogP contribution < -0.4 is 5.32 Å². The first kappa shape index (κ1) is 14.2. The Labute approximate surface area is 122 Å². The molecule has 0 aliphatic rings. The van der Waals surface area contributed by atoms with E-state index in [4.69, 9.17) is 0 Å². The van der Waals surface area contributed by atoms with Crippen molar-refractivity contribution in [3.05, 3.63) is 46.3 Å². The summed E-state index contributed by atoms with van der Waals surface area (Å²) in [6.45, 7) is 3.01. The van der Waals surface area contributed by atoms with Crippen LogP contribution in [0.4, 0.5) is 0 Å². The number of hydrogen-bond donors (Lipinski definition) is 1. The average Bonchev–Trinajstić information content (AvgIpc) is 2.39. The SMILES string of the molecule is CNCCCc1nc(C)cc(-c2ccc(Br)cc2)n1. The number of aromatic nitrogens is 2. The van der Waals surface area contributed by atoms with E-state index in [0.717, 1.165) is 46.6 Å². The van der Waals surface area contributed by atoms with Crippen molar-refractivity contribution in [2.24, 2.45) is 0 Å². The monoisotopic (exact) mass is 319 g/mol. The maximum absolute atomic E-state index is 4.65. The van der Waals surface area contributed by atoms with Gasteiger partial charge in [-0.25, -0.2) is 9.97 Å². The van der Waals surface area contributed by atoms with Crippen molar-refractivity contribution >= 4 is 15.9 Å². The molecule has 2 rings (SSSR count). The van der Waals surface area contributed by atoms with Crippen LogP contribution in [-0.2, 0) is 6.42 Å². The Hall–Kier alpha value is -1.26. The lowest BCUT2D eigenvalue weighted by Crippen LogP contribution is -2.10. The fourth-order valence-electron chi connectivity index (χ4n) is 1.93. The topological polar surface area (TPSA) is 37.8 Å². The van der Waals surface area contributed by atoms with Gasteiger partial charge < -0.3 is 5.32 Å². The maximum Gasteiger partial charge on any atom is 0.129 e. The number of rotatable bonds is 5. The quantitative estimate of drug-likeness (QED) is 0.859. The van der Waals surface area contributed by atoms with E-state index in [0.29, 0.717) is 0 Å². The van der Waals surface area contributed by atoms with Crippen LogP contribution in [0.25, 0.3) is 11.3 Å². The molecule has 0 radical (unpaired) electrons. The van der Waals surface area contributed by atoms with Gasteiger partial charge in [0.05, 0.1) is 5.69 Å². The highest BCUT2D eigenvalue weighted by Crippen LogP contribution is 2.20. The Morgan fingerprint density at radius 3 is 2.58 bits per heavy atom. The minimum Gasteiger partial charge on any atom is -0.320 e. The van der Waals surface area contributed by atoms with Crippen molar-refractivity contribution in [3.8, 4) is 11.3 Å². The summed E-state index contributed by atoms with van der Waals surface area (Å²) in [4.78, 5) is 9.15. The van der Waals surface area contributed by atoms with Gasteiger partial charge in [0, 0.05) is 22.2 Å². The van der Waals surface area contributed by atoms with Gasteiger partial charge in [-0.2, -0.15) is 0 Å². The number of halogens is 1. The Balaban J connectivity index is 2.23. The van der Waals surface area contributed by atoms with E-state index in [1.165, 1.54) is 0 Å². The third kappa shape index (κ3) is 4.11. The van der Waals surface area contributed by atoms with E-state index in [1.807, 2.05) is 32.2 Å². The lowest BCUT2D eigenvalue weighted by atomic mass is 10.1. The minimum atomic E-state index is 0.909. The van der Waals surface area contributed by atoms with Gasteiger partial charge >= 0.3 is 0 Å². The average molecular weight is 320 g/mol. The largest absolute Gasteiger partial charge is 0.320 e. The Kier molecular flexibility index (Phi) is 5.05. The summed E-state index contributed by atoms with van der Waals surface area (Å²) in [5.74, 6) is 0.924. The van der Waals surface area contributed by atoms with E-state index in [9.17, 15) is 0 Å². The van der Waals surface area contributed by atoms with Crippen molar-refractivity contribution in [1.29, 1.82) is 0 Å². The van der Waals surface area contributed by atoms with Crippen LogP contribution in [0.15, 0.2) is 34.8 Å². The second kappa shape index (κ2) is 6.78. The molecule has 0 amide bonds. The van der Waals surface area contributed by atoms with E-state index >= 15 is 0 Å². The molecule has 0 aliphatic carbocycles. The molecule has 0 atom stereocenters. The molecular weight excluding hydrogens is 302 g/mol. The lowest BCUT2D eigenvalue weighted by Gasteiger charge is -2.06. The molecule has 1 N–H and O–H groups in total.